The fraction of sp³-hybridized carbons (Fsp3) is 0.909. The van der Waals surface area contributed by atoms with E-state index in [-0.39, 0.29) is 23.4 Å². The zero-order valence-corrected chi connectivity index (χ0v) is 19.2. The average molecular weight is 395 g/mol. The predicted molar refractivity (Wildman–Crippen MR) is 110 cm³/mol. The van der Waals surface area contributed by atoms with Crippen molar-refractivity contribution in [3.05, 3.63) is 0 Å². The van der Waals surface area contributed by atoms with Gasteiger partial charge >= 0.3 is 0 Å². The summed E-state index contributed by atoms with van der Waals surface area (Å²) in [7, 11) is -1.26. The van der Waals surface area contributed by atoms with Crippen LogP contribution in [0.4, 0.5) is 0 Å². The summed E-state index contributed by atoms with van der Waals surface area (Å²) in [6.45, 7) is 14.7. The molecule has 154 valence electrons. The van der Waals surface area contributed by atoms with Gasteiger partial charge in [-0.15, -0.1) is 0 Å². The minimum Gasteiger partial charge on any atom is -0.404 e. The molecule has 1 saturated heterocycles. The van der Waals surface area contributed by atoms with E-state index in [9.17, 15) is 5.11 Å². The van der Waals surface area contributed by atoms with E-state index in [1.165, 1.54) is 0 Å². The highest BCUT2D eigenvalue weighted by Crippen LogP contribution is 2.59. The molecule has 3 aliphatic rings. The van der Waals surface area contributed by atoms with Gasteiger partial charge in [0.1, 0.15) is 5.60 Å². The van der Waals surface area contributed by atoms with Crippen LogP contribution >= 0.6 is 0 Å². The SMILES string of the molecule is CCCCC(C#CC1C(O)CC2C1CC21OCCO1)(O[SiH](C)C)C(C)(C)C. The van der Waals surface area contributed by atoms with Crippen molar-refractivity contribution in [3.8, 4) is 11.8 Å². The van der Waals surface area contributed by atoms with Crippen LogP contribution in [-0.4, -0.2) is 44.9 Å². The largest absolute Gasteiger partial charge is 0.404 e. The zero-order valence-electron chi connectivity index (χ0n) is 18.0. The molecule has 0 bridgehead atoms. The average Bonchev–Trinajstić information content (AvgIpc) is 3.14. The Morgan fingerprint density at radius 2 is 1.89 bits per heavy atom. The fourth-order valence-electron chi connectivity index (χ4n) is 5.14. The Balaban J connectivity index is 1.83. The summed E-state index contributed by atoms with van der Waals surface area (Å²) in [5, 5.41) is 10.7. The van der Waals surface area contributed by atoms with Crippen LogP contribution in [0.3, 0.4) is 0 Å². The molecule has 5 atom stereocenters. The summed E-state index contributed by atoms with van der Waals surface area (Å²) in [5.41, 5.74) is -0.489. The Kier molecular flexibility index (Phi) is 6.16. The van der Waals surface area contributed by atoms with Gasteiger partial charge in [-0.1, -0.05) is 46.0 Å². The van der Waals surface area contributed by atoms with Gasteiger partial charge in [0.25, 0.3) is 0 Å². The molecule has 1 aliphatic heterocycles. The third-order valence-electron chi connectivity index (χ3n) is 6.72. The summed E-state index contributed by atoms with van der Waals surface area (Å²) < 4.78 is 18.4. The van der Waals surface area contributed by atoms with Gasteiger partial charge in [-0.2, -0.15) is 0 Å². The highest BCUT2D eigenvalue weighted by molar-refractivity contribution is 6.48. The fourth-order valence-corrected chi connectivity index (χ4v) is 6.47. The molecule has 0 aromatic carbocycles. The van der Waals surface area contributed by atoms with Crippen molar-refractivity contribution in [1.29, 1.82) is 0 Å². The molecule has 2 aliphatic carbocycles. The topological polar surface area (TPSA) is 47.9 Å². The molecule has 4 nitrogen and oxygen atoms in total. The molecule has 0 aromatic heterocycles. The number of unbranched alkanes of at least 4 members (excludes halogenated alkanes) is 1. The third-order valence-corrected chi connectivity index (χ3v) is 7.59. The van der Waals surface area contributed by atoms with Gasteiger partial charge in [0.2, 0.25) is 0 Å². The number of aliphatic hydroxyl groups excluding tert-OH is 1. The number of hydrogen-bond acceptors (Lipinski definition) is 4. The summed E-state index contributed by atoms with van der Waals surface area (Å²) >= 11 is 0. The normalized spacial score (nSPS) is 34.1. The quantitative estimate of drug-likeness (QED) is 0.570. The molecule has 1 spiro atoms. The summed E-state index contributed by atoms with van der Waals surface area (Å²) in [5.74, 6) is 7.36. The van der Waals surface area contributed by atoms with Crippen molar-refractivity contribution in [1.82, 2.24) is 0 Å². The second-order valence-electron chi connectivity index (χ2n) is 9.93. The van der Waals surface area contributed by atoms with E-state index in [4.69, 9.17) is 13.9 Å². The van der Waals surface area contributed by atoms with Crippen LogP contribution in [0.15, 0.2) is 0 Å². The van der Waals surface area contributed by atoms with E-state index in [2.05, 4.69) is 52.6 Å². The molecule has 5 unspecified atom stereocenters. The minimum absolute atomic E-state index is 0.00852. The molecule has 0 aromatic rings. The maximum absolute atomic E-state index is 10.7. The van der Waals surface area contributed by atoms with Crippen molar-refractivity contribution in [2.45, 2.75) is 90.4 Å². The summed E-state index contributed by atoms with van der Waals surface area (Å²) in [4.78, 5) is 0. The molecule has 3 fully saturated rings. The Bertz CT molecular complexity index is 581. The van der Waals surface area contributed by atoms with E-state index in [0.29, 0.717) is 19.1 Å². The highest BCUT2D eigenvalue weighted by Gasteiger charge is 2.64. The summed E-state index contributed by atoms with van der Waals surface area (Å²) in [6.07, 6.45) is 4.41. The van der Waals surface area contributed by atoms with Gasteiger partial charge in [-0.25, -0.2) is 0 Å². The third kappa shape index (κ3) is 3.89. The molecule has 3 rings (SSSR count). The van der Waals surface area contributed by atoms with Gasteiger partial charge in [0.05, 0.1) is 19.3 Å². The van der Waals surface area contributed by atoms with E-state index in [0.717, 1.165) is 32.1 Å². The maximum Gasteiger partial charge on any atom is 0.173 e. The van der Waals surface area contributed by atoms with Crippen LogP contribution in [0, 0.1) is 35.0 Å². The first-order valence-electron chi connectivity index (χ1n) is 10.8. The van der Waals surface area contributed by atoms with Gasteiger partial charge in [-0.3, -0.25) is 0 Å². The van der Waals surface area contributed by atoms with E-state index in [1.54, 1.807) is 0 Å². The summed E-state index contributed by atoms with van der Waals surface area (Å²) in [6, 6.07) is 0. The lowest BCUT2D eigenvalue weighted by Crippen LogP contribution is -2.54. The Morgan fingerprint density at radius 1 is 1.22 bits per heavy atom. The lowest BCUT2D eigenvalue weighted by atomic mass is 9.67. The molecule has 1 N–H and O–H groups in total. The van der Waals surface area contributed by atoms with Crippen LogP contribution in [0.25, 0.3) is 0 Å². The lowest BCUT2D eigenvalue weighted by Gasteiger charge is -2.48. The number of ether oxygens (including phenoxy) is 2. The number of rotatable bonds is 5. The molecule has 0 radical (unpaired) electrons. The highest BCUT2D eigenvalue weighted by atomic mass is 28.3. The first kappa shape index (κ1) is 21.3. The number of aliphatic hydroxyl groups is 1. The van der Waals surface area contributed by atoms with Crippen molar-refractivity contribution in [2.75, 3.05) is 13.2 Å². The number of hydrogen-bond donors (Lipinski definition) is 1. The second kappa shape index (κ2) is 7.80. The molecule has 27 heavy (non-hydrogen) atoms. The van der Waals surface area contributed by atoms with Crippen LogP contribution in [-0.2, 0) is 13.9 Å². The first-order chi connectivity index (χ1) is 12.6. The predicted octanol–water partition coefficient (Wildman–Crippen LogP) is 3.72. The zero-order chi connectivity index (χ0) is 19.9. The molecule has 0 amide bonds. The smallest absolute Gasteiger partial charge is 0.173 e. The number of fused-ring (bicyclic) bond motifs is 2. The van der Waals surface area contributed by atoms with Crippen LogP contribution in [0.2, 0.25) is 13.1 Å². The van der Waals surface area contributed by atoms with Crippen molar-refractivity contribution >= 4 is 9.04 Å². The lowest BCUT2D eigenvalue weighted by molar-refractivity contribution is -0.270. The van der Waals surface area contributed by atoms with Crippen LogP contribution in [0.5, 0.6) is 0 Å². The maximum atomic E-state index is 10.7. The van der Waals surface area contributed by atoms with Gasteiger partial charge in [0.15, 0.2) is 14.8 Å². The monoisotopic (exact) mass is 394 g/mol. The van der Waals surface area contributed by atoms with Crippen molar-refractivity contribution in [2.24, 2.45) is 23.2 Å². The molecule has 5 heteroatoms. The Labute approximate surface area is 167 Å². The second-order valence-corrected chi connectivity index (χ2v) is 12.3. The van der Waals surface area contributed by atoms with E-state index >= 15 is 0 Å². The Morgan fingerprint density at radius 3 is 2.44 bits per heavy atom. The standard InChI is InChI=1S/C22H38O4Si/c1-7-8-10-21(20(2,3)4,26-27(5)6)11-9-16-17-15-22(24-12-13-25-22)18(17)14-19(16)23/h16-19,23,27H,7-8,10,12-15H2,1-6H3. The minimum atomic E-state index is -1.26. The van der Waals surface area contributed by atoms with E-state index in [1.807, 2.05) is 0 Å². The van der Waals surface area contributed by atoms with Crippen molar-refractivity contribution in [3.63, 3.8) is 0 Å². The van der Waals surface area contributed by atoms with E-state index < -0.39 is 20.4 Å². The van der Waals surface area contributed by atoms with Crippen LogP contribution in [0.1, 0.15) is 59.8 Å². The molecule has 2 saturated carbocycles. The molecular weight excluding hydrogens is 356 g/mol. The van der Waals surface area contributed by atoms with Gasteiger partial charge < -0.3 is 19.0 Å². The molecular formula is C22H38O4Si. The van der Waals surface area contributed by atoms with Gasteiger partial charge in [-0.05, 0) is 38.3 Å². The molecule has 1 heterocycles. The van der Waals surface area contributed by atoms with Gasteiger partial charge in [0, 0.05) is 23.7 Å². The van der Waals surface area contributed by atoms with Crippen molar-refractivity contribution < 1.29 is 19.0 Å². The first-order valence-corrected chi connectivity index (χ1v) is 13.6. The van der Waals surface area contributed by atoms with Crippen LogP contribution < -0.4 is 0 Å². The Hall–Kier alpha value is -0.383.